The second kappa shape index (κ2) is 8.05. The summed E-state index contributed by atoms with van der Waals surface area (Å²) in [5.41, 5.74) is 0.468. The molecule has 1 aromatic heterocycles. The van der Waals surface area contributed by atoms with Crippen LogP contribution in [-0.2, 0) is 20.5 Å². The molecule has 23 heavy (non-hydrogen) atoms. The van der Waals surface area contributed by atoms with E-state index in [2.05, 4.69) is 9.38 Å². The van der Waals surface area contributed by atoms with Crippen molar-refractivity contribution in [3.05, 3.63) is 45.2 Å². The van der Waals surface area contributed by atoms with Gasteiger partial charge in [0.15, 0.2) is 11.1 Å². The second-order valence-electron chi connectivity index (χ2n) is 4.62. The Morgan fingerprint density at radius 2 is 2.17 bits per heavy atom. The van der Waals surface area contributed by atoms with Crippen LogP contribution in [0.3, 0.4) is 0 Å². The maximum atomic E-state index is 12.5. The number of H-pyrrole nitrogens is 1. The summed E-state index contributed by atoms with van der Waals surface area (Å²) in [6.45, 7) is 1.49. The Kier molecular flexibility index (Phi) is 6.34. The molecule has 0 radical (unpaired) electrons. The van der Waals surface area contributed by atoms with Gasteiger partial charge in [0.25, 0.3) is 10.0 Å². The normalized spacial score (nSPS) is 13.5. The van der Waals surface area contributed by atoms with Crippen LogP contribution in [0.25, 0.3) is 0 Å². The maximum absolute atomic E-state index is 12.5. The third-order valence-corrected chi connectivity index (χ3v) is 6.78. The number of hydrogen-bond acceptors (Lipinski definition) is 3. The predicted octanol–water partition coefficient (Wildman–Crippen LogP) is 3.00. The van der Waals surface area contributed by atoms with Crippen molar-refractivity contribution in [1.82, 2.24) is 4.98 Å². The van der Waals surface area contributed by atoms with Crippen molar-refractivity contribution in [3.8, 4) is 0 Å². The quantitative estimate of drug-likeness (QED) is 0.593. The van der Waals surface area contributed by atoms with Crippen LogP contribution in [0.5, 0.6) is 0 Å². The Bertz CT molecular complexity index is 831. The molecule has 0 aliphatic heterocycles. The molecule has 0 aliphatic carbocycles. The molecule has 0 saturated heterocycles. The molecule has 1 heterocycles. The van der Waals surface area contributed by atoms with Crippen molar-refractivity contribution < 1.29 is 17.5 Å². The smallest absolute Gasteiger partial charge is 0.355 e. The van der Waals surface area contributed by atoms with Gasteiger partial charge in [0.2, 0.25) is 0 Å². The Labute approximate surface area is 141 Å². The van der Waals surface area contributed by atoms with Gasteiger partial charge in [-0.1, -0.05) is 22.1 Å². The largest absolute Gasteiger partial charge is 0.373 e. The monoisotopic (exact) mass is 379 g/mol. The summed E-state index contributed by atoms with van der Waals surface area (Å²) in [4.78, 5) is 3.29. The molecule has 1 N–H and O–H groups in total. The molecule has 1 unspecified atom stereocenters. The number of thiazole rings is 1. The van der Waals surface area contributed by atoms with Gasteiger partial charge in [-0.25, -0.2) is 4.39 Å². The van der Waals surface area contributed by atoms with Gasteiger partial charge in [-0.2, -0.15) is 8.42 Å². The standard InChI is InChI=1S/C14H17ClFN2O3S2/c1-11-12(15)3-2-4-13(11)23(19,20)18-14-17-6-9-22(14)10-8-21-7-5-16/h2-4,6,9H,5,7-8,10H2,1H3,(H,17,18)/q+1. The molecule has 9 heteroatoms. The molecule has 0 fully saturated rings. The maximum Gasteiger partial charge on any atom is 0.355 e. The molecule has 0 aliphatic rings. The lowest BCUT2D eigenvalue weighted by atomic mass is 10.2. The second-order valence-corrected chi connectivity index (χ2v) is 8.52. The fraction of sp³-hybridized carbons (Fsp3) is 0.357. The van der Waals surface area contributed by atoms with E-state index < -0.39 is 27.2 Å². The van der Waals surface area contributed by atoms with Gasteiger partial charge in [0.1, 0.15) is 6.67 Å². The first-order valence-corrected chi connectivity index (χ1v) is 10.1. The Hall–Kier alpha value is -1.22. The number of benzene rings is 1. The average Bonchev–Trinajstić information content (AvgIpc) is 2.93. The van der Waals surface area contributed by atoms with E-state index in [0.29, 0.717) is 27.7 Å². The van der Waals surface area contributed by atoms with Crippen LogP contribution in [0.15, 0.2) is 39.1 Å². The number of ether oxygens (including phenoxy) is 1. The van der Waals surface area contributed by atoms with Crippen molar-refractivity contribution >= 4 is 32.1 Å². The molecule has 5 nitrogen and oxygen atoms in total. The zero-order valence-corrected chi connectivity index (χ0v) is 14.8. The summed E-state index contributed by atoms with van der Waals surface area (Å²) < 4.78 is 46.0. The Morgan fingerprint density at radius 3 is 2.91 bits per heavy atom. The van der Waals surface area contributed by atoms with Crippen molar-refractivity contribution in [2.45, 2.75) is 17.6 Å². The number of hydrogen-bond donors (Lipinski definition) is 1. The van der Waals surface area contributed by atoms with E-state index in [4.69, 9.17) is 16.3 Å². The van der Waals surface area contributed by atoms with Crippen LogP contribution < -0.4 is 4.80 Å². The molecule has 0 bridgehead atoms. The van der Waals surface area contributed by atoms with E-state index in [9.17, 15) is 12.8 Å². The number of sulfonamides is 1. The zero-order chi connectivity index (χ0) is 16.9. The molecular formula is C14H17ClFN2O3S2+. The lowest BCUT2D eigenvalue weighted by Gasteiger charge is -2.03. The summed E-state index contributed by atoms with van der Waals surface area (Å²) >= 11 is 5.98. The molecule has 1 aromatic carbocycles. The van der Waals surface area contributed by atoms with Crippen LogP contribution in [0.1, 0.15) is 5.56 Å². The molecular weight excluding hydrogens is 363 g/mol. The summed E-state index contributed by atoms with van der Waals surface area (Å²) in [5.74, 6) is 0.548. The van der Waals surface area contributed by atoms with Crippen LogP contribution in [0.4, 0.5) is 4.39 Å². The number of rotatable bonds is 7. The lowest BCUT2D eigenvalue weighted by molar-refractivity contribution is 0.127. The highest BCUT2D eigenvalue weighted by Gasteiger charge is 2.20. The SMILES string of the molecule is Cc1c(Cl)cccc1S(=O)(=O)N=c1[nH]cc[s+]1CCOCCF. The molecule has 2 rings (SSSR count). The highest BCUT2D eigenvalue weighted by atomic mass is 35.5. The van der Waals surface area contributed by atoms with Crippen molar-refractivity contribution in [2.24, 2.45) is 4.40 Å². The summed E-state index contributed by atoms with van der Waals surface area (Å²) in [7, 11) is -4.36. The molecule has 1 atom stereocenters. The lowest BCUT2D eigenvalue weighted by Crippen LogP contribution is -2.10. The topological polar surface area (TPSA) is 71.5 Å². The van der Waals surface area contributed by atoms with E-state index in [-0.39, 0.29) is 11.5 Å². The fourth-order valence-corrected chi connectivity index (χ4v) is 5.13. The minimum absolute atomic E-state index is 0.0425. The highest BCUT2D eigenvalue weighted by molar-refractivity contribution is 7.90. The summed E-state index contributed by atoms with van der Waals surface area (Å²) in [6, 6.07) is 4.68. The van der Waals surface area contributed by atoms with E-state index in [1.807, 2.05) is 5.38 Å². The molecule has 126 valence electrons. The number of aromatic amines is 1. The van der Waals surface area contributed by atoms with Crippen molar-refractivity contribution in [1.29, 1.82) is 0 Å². The summed E-state index contributed by atoms with van der Waals surface area (Å²) in [5, 5.41) is 2.21. The predicted molar refractivity (Wildman–Crippen MR) is 89.0 cm³/mol. The van der Waals surface area contributed by atoms with Crippen LogP contribution >= 0.6 is 22.1 Å². The van der Waals surface area contributed by atoms with E-state index >= 15 is 0 Å². The molecule has 0 spiro atoms. The number of halogens is 2. The van der Waals surface area contributed by atoms with Gasteiger partial charge < -0.3 is 4.74 Å². The van der Waals surface area contributed by atoms with Crippen LogP contribution in [0, 0.1) is 6.92 Å². The van der Waals surface area contributed by atoms with Crippen LogP contribution in [-0.4, -0.2) is 33.3 Å². The van der Waals surface area contributed by atoms with Crippen molar-refractivity contribution in [3.63, 3.8) is 0 Å². The zero-order valence-electron chi connectivity index (χ0n) is 12.5. The number of aromatic nitrogens is 1. The van der Waals surface area contributed by atoms with Gasteiger partial charge in [-0.05, 0) is 24.6 Å². The average molecular weight is 380 g/mol. The number of nitrogens with zero attached hydrogens (tertiary/aromatic N) is 1. The highest BCUT2D eigenvalue weighted by Crippen LogP contribution is 2.24. The molecule has 0 saturated carbocycles. The number of nitrogens with one attached hydrogen (secondary N) is 1. The molecule has 2 aromatic rings. The third kappa shape index (κ3) is 4.63. The minimum atomic E-state index is -3.86. The van der Waals surface area contributed by atoms with Gasteiger partial charge >= 0.3 is 4.80 Å². The Morgan fingerprint density at radius 1 is 1.39 bits per heavy atom. The summed E-state index contributed by atoms with van der Waals surface area (Å²) in [6.07, 6.45) is 1.65. The van der Waals surface area contributed by atoms with Crippen LogP contribution in [0.2, 0.25) is 5.02 Å². The first-order valence-electron chi connectivity index (χ1n) is 6.82. The van der Waals surface area contributed by atoms with Gasteiger partial charge in [0.05, 0.1) is 24.3 Å². The van der Waals surface area contributed by atoms with Crippen molar-refractivity contribution in [2.75, 3.05) is 19.9 Å². The third-order valence-electron chi connectivity index (χ3n) is 3.06. The van der Waals surface area contributed by atoms with E-state index in [1.165, 1.54) is 6.07 Å². The molecule has 0 amide bonds. The van der Waals surface area contributed by atoms with Gasteiger partial charge in [-0.3, -0.25) is 4.98 Å². The fourth-order valence-electron chi connectivity index (χ4n) is 1.90. The minimum Gasteiger partial charge on any atom is -0.373 e. The van der Waals surface area contributed by atoms with E-state index in [0.717, 1.165) is 0 Å². The Balaban J connectivity index is 2.31. The van der Waals surface area contributed by atoms with E-state index in [1.54, 1.807) is 25.3 Å². The first kappa shape index (κ1) is 18.1. The van der Waals surface area contributed by atoms with Gasteiger partial charge in [-0.15, -0.1) is 0 Å². The number of alkyl halides is 1. The van der Waals surface area contributed by atoms with Gasteiger partial charge in [0, 0.05) is 15.5 Å². The first-order chi connectivity index (χ1) is 11.0.